The minimum atomic E-state index is 0.354. The molecule has 110 valence electrons. The van der Waals surface area contributed by atoms with Crippen LogP contribution < -0.4 is 5.32 Å². The normalized spacial score (nSPS) is 17.5. The maximum absolute atomic E-state index is 6.01. The molecular formula is C19H22ClN. The Hall–Kier alpha value is -1.31. The number of nitrogens with one attached hydrogen (secondary N) is 1. The van der Waals surface area contributed by atoms with Crippen LogP contribution in [0.3, 0.4) is 0 Å². The summed E-state index contributed by atoms with van der Waals surface area (Å²) < 4.78 is 0. The van der Waals surface area contributed by atoms with E-state index in [1.807, 2.05) is 12.1 Å². The zero-order valence-electron chi connectivity index (χ0n) is 12.6. The van der Waals surface area contributed by atoms with E-state index in [4.69, 9.17) is 11.6 Å². The van der Waals surface area contributed by atoms with Gasteiger partial charge in [0, 0.05) is 17.1 Å². The Morgan fingerprint density at radius 1 is 0.952 bits per heavy atom. The molecule has 2 aromatic rings. The van der Waals surface area contributed by atoms with Crippen LogP contribution in [0.25, 0.3) is 0 Å². The third-order valence-electron chi connectivity index (χ3n) is 4.33. The van der Waals surface area contributed by atoms with E-state index in [1.165, 1.54) is 29.5 Å². The fourth-order valence-corrected chi connectivity index (χ4v) is 2.95. The second-order valence-electron chi connectivity index (χ2n) is 6.17. The van der Waals surface area contributed by atoms with Gasteiger partial charge in [-0.1, -0.05) is 53.6 Å². The number of rotatable bonds is 5. The zero-order valence-corrected chi connectivity index (χ0v) is 13.4. The van der Waals surface area contributed by atoms with E-state index in [2.05, 4.69) is 55.6 Å². The van der Waals surface area contributed by atoms with Gasteiger partial charge in [0.05, 0.1) is 0 Å². The zero-order chi connectivity index (χ0) is 14.8. The van der Waals surface area contributed by atoms with Gasteiger partial charge in [0.25, 0.3) is 0 Å². The molecule has 0 aliphatic heterocycles. The van der Waals surface area contributed by atoms with Crippen molar-refractivity contribution in [3.05, 3.63) is 70.2 Å². The Morgan fingerprint density at radius 2 is 1.52 bits per heavy atom. The first-order valence-electron chi connectivity index (χ1n) is 7.71. The van der Waals surface area contributed by atoms with Gasteiger partial charge in [-0.3, -0.25) is 0 Å². The highest BCUT2D eigenvalue weighted by molar-refractivity contribution is 6.30. The van der Waals surface area contributed by atoms with Crippen LogP contribution in [0.4, 0.5) is 0 Å². The molecule has 0 radical (unpaired) electrons. The van der Waals surface area contributed by atoms with Gasteiger partial charge in [-0.2, -0.15) is 0 Å². The number of hydrogen-bond acceptors (Lipinski definition) is 1. The smallest absolute Gasteiger partial charge is 0.0406 e. The average molecular weight is 300 g/mol. The lowest BCUT2D eigenvalue weighted by Gasteiger charge is -2.24. The minimum absolute atomic E-state index is 0.354. The quantitative estimate of drug-likeness (QED) is 0.774. The second-order valence-corrected chi connectivity index (χ2v) is 6.60. The lowest BCUT2D eigenvalue weighted by Crippen LogP contribution is -2.26. The first-order chi connectivity index (χ1) is 10.1. The predicted molar refractivity (Wildman–Crippen MR) is 89.6 cm³/mol. The molecule has 2 aromatic carbocycles. The van der Waals surface area contributed by atoms with E-state index in [9.17, 15) is 0 Å². The Kier molecular flexibility index (Phi) is 4.32. The summed E-state index contributed by atoms with van der Waals surface area (Å²) in [6, 6.07) is 17.9. The van der Waals surface area contributed by atoms with Gasteiger partial charge in [0.1, 0.15) is 0 Å². The standard InChI is InChI=1S/C19H22ClN/c1-13-3-5-15(6-4-13)14(2)21-19(16-7-8-16)17-9-11-18(20)12-10-17/h3-6,9-12,14,16,19,21H,7-8H2,1-2H3. The van der Waals surface area contributed by atoms with E-state index >= 15 is 0 Å². The van der Waals surface area contributed by atoms with Crippen LogP contribution in [0, 0.1) is 12.8 Å². The molecule has 0 aromatic heterocycles. The molecule has 1 saturated carbocycles. The largest absolute Gasteiger partial charge is 0.303 e. The van der Waals surface area contributed by atoms with Crippen LogP contribution in [0.15, 0.2) is 48.5 Å². The van der Waals surface area contributed by atoms with Crippen LogP contribution in [-0.4, -0.2) is 0 Å². The van der Waals surface area contributed by atoms with Crippen LogP contribution in [0.1, 0.15) is 48.5 Å². The maximum atomic E-state index is 6.01. The maximum Gasteiger partial charge on any atom is 0.0406 e. The summed E-state index contributed by atoms with van der Waals surface area (Å²) in [5.74, 6) is 0.763. The predicted octanol–water partition coefficient (Wildman–Crippen LogP) is 5.45. The Morgan fingerprint density at radius 3 is 2.10 bits per heavy atom. The van der Waals surface area contributed by atoms with Crippen molar-refractivity contribution in [2.45, 2.75) is 38.8 Å². The number of hydrogen-bond donors (Lipinski definition) is 1. The summed E-state index contributed by atoms with van der Waals surface area (Å²) in [5.41, 5.74) is 4.00. The van der Waals surface area contributed by atoms with Crippen molar-refractivity contribution >= 4 is 11.6 Å². The van der Waals surface area contributed by atoms with Crippen LogP contribution in [0.2, 0.25) is 5.02 Å². The minimum Gasteiger partial charge on any atom is -0.303 e. The van der Waals surface area contributed by atoms with E-state index in [0.717, 1.165) is 10.9 Å². The Bertz CT molecular complexity index is 584. The molecule has 21 heavy (non-hydrogen) atoms. The summed E-state index contributed by atoms with van der Waals surface area (Å²) in [6.45, 7) is 4.37. The highest BCUT2D eigenvalue weighted by Gasteiger charge is 2.33. The second kappa shape index (κ2) is 6.21. The summed E-state index contributed by atoms with van der Waals surface area (Å²) in [6.07, 6.45) is 2.64. The van der Waals surface area contributed by atoms with Crippen molar-refractivity contribution in [3.8, 4) is 0 Å². The first-order valence-corrected chi connectivity index (χ1v) is 8.09. The van der Waals surface area contributed by atoms with E-state index in [-0.39, 0.29) is 0 Å². The van der Waals surface area contributed by atoms with E-state index < -0.39 is 0 Å². The van der Waals surface area contributed by atoms with Crippen molar-refractivity contribution in [3.63, 3.8) is 0 Å². The van der Waals surface area contributed by atoms with Crippen LogP contribution in [0.5, 0.6) is 0 Å². The van der Waals surface area contributed by atoms with Crippen molar-refractivity contribution < 1.29 is 0 Å². The monoisotopic (exact) mass is 299 g/mol. The summed E-state index contributed by atoms with van der Waals surface area (Å²) in [5, 5.41) is 4.61. The molecular weight excluding hydrogens is 278 g/mol. The SMILES string of the molecule is Cc1ccc(C(C)NC(c2ccc(Cl)cc2)C2CC2)cc1. The number of halogens is 1. The molecule has 1 aliphatic rings. The Labute approximate surface area is 132 Å². The molecule has 2 heteroatoms. The van der Waals surface area contributed by atoms with Crippen LogP contribution in [-0.2, 0) is 0 Å². The van der Waals surface area contributed by atoms with E-state index in [0.29, 0.717) is 12.1 Å². The van der Waals surface area contributed by atoms with E-state index in [1.54, 1.807) is 0 Å². The summed E-state index contributed by atoms with van der Waals surface area (Å²) in [7, 11) is 0. The molecule has 1 N–H and O–H groups in total. The molecule has 2 atom stereocenters. The highest BCUT2D eigenvalue weighted by atomic mass is 35.5. The van der Waals surface area contributed by atoms with Crippen molar-refractivity contribution in [1.82, 2.24) is 5.32 Å². The molecule has 0 amide bonds. The molecule has 1 aliphatic carbocycles. The fraction of sp³-hybridized carbons (Fsp3) is 0.368. The molecule has 0 spiro atoms. The van der Waals surface area contributed by atoms with Crippen molar-refractivity contribution in [2.75, 3.05) is 0 Å². The number of benzene rings is 2. The topological polar surface area (TPSA) is 12.0 Å². The molecule has 0 heterocycles. The van der Waals surface area contributed by atoms with Gasteiger partial charge in [-0.05, 0) is 55.9 Å². The molecule has 1 nitrogen and oxygen atoms in total. The van der Waals surface area contributed by atoms with Crippen LogP contribution >= 0.6 is 11.6 Å². The Balaban J connectivity index is 1.76. The van der Waals surface area contributed by atoms with Gasteiger partial charge in [0.2, 0.25) is 0 Å². The molecule has 1 fully saturated rings. The average Bonchev–Trinajstić information content (AvgIpc) is 3.31. The lowest BCUT2D eigenvalue weighted by atomic mass is 9.99. The van der Waals surface area contributed by atoms with Gasteiger partial charge in [0.15, 0.2) is 0 Å². The van der Waals surface area contributed by atoms with Gasteiger partial charge in [-0.15, -0.1) is 0 Å². The first kappa shape index (κ1) is 14.6. The summed E-state index contributed by atoms with van der Waals surface area (Å²) in [4.78, 5) is 0. The van der Waals surface area contributed by atoms with Gasteiger partial charge in [-0.25, -0.2) is 0 Å². The van der Waals surface area contributed by atoms with Gasteiger partial charge >= 0.3 is 0 Å². The van der Waals surface area contributed by atoms with Gasteiger partial charge < -0.3 is 5.32 Å². The highest BCUT2D eigenvalue weighted by Crippen LogP contribution is 2.42. The molecule has 3 rings (SSSR count). The van der Waals surface area contributed by atoms with Crippen molar-refractivity contribution in [1.29, 1.82) is 0 Å². The third-order valence-corrected chi connectivity index (χ3v) is 4.58. The number of aryl methyl sites for hydroxylation is 1. The molecule has 0 bridgehead atoms. The lowest BCUT2D eigenvalue weighted by molar-refractivity contribution is 0.427. The summed E-state index contributed by atoms with van der Waals surface area (Å²) >= 11 is 6.01. The molecule has 2 unspecified atom stereocenters. The van der Waals surface area contributed by atoms with Crippen molar-refractivity contribution in [2.24, 2.45) is 5.92 Å². The third kappa shape index (κ3) is 3.66. The molecule has 0 saturated heterocycles. The fourth-order valence-electron chi connectivity index (χ4n) is 2.82.